The van der Waals surface area contributed by atoms with E-state index >= 15 is 0 Å². The highest BCUT2D eigenvalue weighted by Gasteiger charge is 2.35. The summed E-state index contributed by atoms with van der Waals surface area (Å²) >= 11 is 0. The number of carboxylic acid groups (broad SMARTS) is 1. The SMILES string of the molecule is NC(N)=NCCCCC(=O)N1CCCC1C(=O)N[C@@H](CC(=O)O)c1cccnc1. The lowest BCUT2D eigenvalue weighted by molar-refractivity contribution is -0.140. The van der Waals surface area contributed by atoms with Gasteiger partial charge in [0.05, 0.1) is 12.5 Å². The van der Waals surface area contributed by atoms with Gasteiger partial charge in [-0.25, -0.2) is 0 Å². The predicted molar refractivity (Wildman–Crippen MR) is 107 cm³/mol. The van der Waals surface area contributed by atoms with Gasteiger partial charge in [0, 0.05) is 31.9 Å². The molecular weight excluding hydrogens is 376 g/mol. The molecule has 2 heterocycles. The van der Waals surface area contributed by atoms with Gasteiger partial charge in [-0.1, -0.05) is 6.07 Å². The lowest BCUT2D eigenvalue weighted by Gasteiger charge is -2.26. The number of nitrogens with one attached hydrogen (secondary N) is 1. The van der Waals surface area contributed by atoms with Crippen LogP contribution < -0.4 is 16.8 Å². The second-order valence-corrected chi connectivity index (χ2v) is 6.95. The van der Waals surface area contributed by atoms with Crippen LogP contribution in [0.1, 0.15) is 50.1 Å². The van der Waals surface area contributed by atoms with Gasteiger partial charge in [0.15, 0.2) is 5.96 Å². The van der Waals surface area contributed by atoms with E-state index in [0.717, 1.165) is 6.42 Å². The molecule has 1 saturated heterocycles. The zero-order valence-electron chi connectivity index (χ0n) is 16.3. The summed E-state index contributed by atoms with van der Waals surface area (Å²) in [5, 5.41) is 12.0. The number of aromatic nitrogens is 1. The minimum atomic E-state index is -1.03. The fraction of sp³-hybridized carbons (Fsp3) is 0.526. The van der Waals surface area contributed by atoms with Gasteiger partial charge in [-0.05, 0) is 37.3 Å². The zero-order chi connectivity index (χ0) is 21.2. The number of nitrogens with two attached hydrogens (primary N) is 2. The number of carbonyl (C=O) groups is 3. The summed E-state index contributed by atoms with van der Waals surface area (Å²) in [7, 11) is 0. The first-order valence-electron chi connectivity index (χ1n) is 9.65. The van der Waals surface area contributed by atoms with E-state index in [4.69, 9.17) is 11.5 Å². The standard InChI is InChI=1S/C19H28N6O4/c20-19(21)23-9-2-1-7-16(26)25-10-4-6-15(25)18(29)24-14(11-17(27)28)13-5-3-8-22-12-13/h3,5,8,12,14-15H,1-2,4,6-7,9-11H2,(H,24,29)(H,27,28)(H4,20,21,23)/t14-,15?/m0/s1. The fourth-order valence-electron chi connectivity index (χ4n) is 3.35. The van der Waals surface area contributed by atoms with Crippen molar-refractivity contribution in [1.82, 2.24) is 15.2 Å². The summed E-state index contributed by atoms with van der Waals surface area (Å²) in [5.41, 5.74) is 11.1. The molecule has 1 aromatic rings. The lowest BCUT2D eigenvalue weighted by Crippen LogP contribution is -2.47. The first-order valence-corrected chi connectivity index (χ1v) is 9.65. The highest BCUT2D eigenvalue weighted by atomic mass is 16.4. The van der Waals surface area contributed by atoms with Crippen LogP contribution in [-0.2, 0) is 14.4 Å². The zero-order valence-corrected chi connectivity index (χ0v) is 16.3. The molecule has 1 aromatic heterocycles. The molecule has 2 amide bonds. The van der Waals surface area contributed by atoms with Crippen LogP contribution in [0, 0.1) is 0 Å². The van der Waals surface area contributed by atoms with Gasteiger partial charge in [-0.3, -0.25) is 24.4 Å². The molecule has 2 rings (SSSR count). The van der Waals surface area contributed by atoms with Crippen molar-refractivity contribution in [1.29, 1.82) is 0 Å². The smallest absolute Gasteiger partial charge is 0.305 e. The number of likely N-dealkylation sites (tertiary alicyclic amines) is 1. The van der Waals surface area contributed by atoms with Crippen LogP contribution in [0.5, 0.6) is 0 Å². The van der Waals surface area contributed by atoms with Gasteiger partial charge in [0.1, 0.15) is 6.04 Å². The molecule has 1 fully saturated rings. The minimum absolute atomic E-state index is 0.0251. The van der Waals surface area contributed by atoms with Crippen molar-refractivity contribution in [3.8, 4) is 0 Å². The molecule has 10 nitrogen and oxygen atoms in total. The van der Waals surface area contributed by atoms with Gasteiger partial charge < -0.3 is 26.8 Å². The van der Waals surface area contributed by atoms with Gasteiger partial charge >= 0.3 is 5.97 Å². The van der Waals surface area contributed by atoms with E-state index in [2.05, 4.69) is 15.3 Å². The Balaban J connectivity index is 1.94. The number of pyridine rings is 1. The monoisotopic (exact) mass is 404 g/mol. The summed E-state index contributed by atoms with van der Waals surface area (Å²) in [5.74, 6) is -1.44. The van der Waals surface area contributed by atoms with Crippen LogP contribution in [0.2, 0.25) is 0 Å². The maximum Gasteiger partial charge on any atom is 0.305 e. The number of aliphatic imine (C=N–C) groups is 1. The van der Waals surface area contributed by atoms with Gasteiger partial charge in [0.25, 0.3) is 0 Å². The van der Waals surface area contributed by atoms with Crippen molar-refractivity contribution in [2.24, 2.45) is 16.5 Å². The average Bonchev–Trinajstić information content (AvgIpc) is 3.17. The molecule has 0 bridgehead atoms. The number of rotatable bonds is 10. The molecule has 1 aliphatic rings. The average molecular weight is 404 g/mol. The minimum Gasteiger partial charge on any atom is -0.481 e. The lowest BCUT2D eigenvalue weighted by atomic mass is 10.0. The highest BCUT2D eigenvalue weighted by molar-refractivity contribution is 5.88. The summed E-state index contributed by atoms with van der Waals surface area (Å²) in [6, 6.07) is 2.11. The third kappa shape index (κ3) is 7.05. The molecule has 0 spiro atoms. The van der Waals surface area contributed by atoms with Crippen LogP contribution in [0.25, 0.3) is 0 Å². The molecule has 0 aromatic carbocycles. The number of amides is 2. The van der Waals surface area contributed by atoms with Crippen LogP contribution in [0.15, 0.2) is 29.5 Å². The normalized spacial score (nSPS) is 16.8. The third-order valence-corrected chi connectivity index (χ3v) is 4.75. The maximum absolute atomic E-state index is 12.8. The Morgan fingerprint density at radius 3 is 2.79 bits per heavy atom. The summed E-state index contributed by atoms with van der Waals surface area (Å²) in [4.78, 5) is 46.0. The molecule has 29 heavy (non-hydrogen) atoms. The summed E-state index contributed by atoms with van der Waals surface area (Å²) in [6.07, 6.45) is 5.74. The molecule has 1 unspecified atom stereocenters. The molecule has 0 saturated carbocycles. The number of guanidine groups is 1. The summed E-state index contributed by atoms with van der Waals surface area (Å²) < 4.78 is 0. The Morgan fingerprint density at radius 1 is 1.34 bits per heavy atom. The Hall–Kier alpha value is -3.17. The number of hydrogen-bond acceptors (Lipinski definition) is 5. The molecule has 10 heteroatoms. The van der Waals surface area contributed by atoms with Gasteiger partial charge in [0.2, 0.25) is 11.8 Å². The first kappa shape index (κ1) is 22.1. The van der Waals surface area contributed by atoms with Crippen molar-refractivity contribution in [3.05, 3.63) is 30.1 Å². The van der Waals surface area contributed by atoms with Crippen molar-refractivity contribution in [2.75, 3.05) is 13.1 Å². The van der Waals surface area contributed by atoms with Crippen LogP contribution >= 0.6 is 0 Å². The van der Waals surface area contributed by atoms with E-state index in [1.165, 1.54) is 6.20 Å². The molecule has 0 radical (unpaired) electrons. The molecule has 6 N–H and O–H groups in total. The van der Waals surface area contributed by atoms with E-state index < -0.39 is 18.1 Å². The van der Waals surface area contributed by atoms with Gasteiger partial charge in [-0.15, -0.1) is 0 Å². The molecule has 2 atom stereocenters. The van der Waals surface area contributed by atoms with E-state index in [-0.39, 0.29) is 24.2 Å². The third-order valence-electron chi connectivity index (χ3n) is 4.75. The highest BCUT2D eigenvalue weighted by Crippen LogP contribution is 2.22. The second-order valence-electron chi connectivity index (χ2n) is 6.95. The topological polar surface area (TPSA) is 164 Å². The number of nitrogens with zero attached hydrogens (tertiary/aromatic N) is 3. The Bertz CT molecular complexity index is 735. The number of unbranched alkanes of at least 4 members (excludes halogenated alkanes) is 1. The van der Waals surface area contributed by atoms with E-state index in [0.29, 0.717) is 44.3 Å². The van der Waals surface area contributed by atoms with Crippen LogP contribution in [0.4, 0.5) is 0 Å². The number of carbonyl (C=O) groups excluding carboxylic acids is 2. The van der Waals surface area contributed by atoms with Gasteiger partial charge in [-0.2, -0.15) is 0 Å². The van der Waals surface area contributed by atoms with Crippen molar-refractivity contribution >= 4 is 23.7 Å². The predicted octanol–water partition coefficient (Wildman–Crippen LogP) is 0.148. The summed E-state index contributed by atoms with van der Waals surface area (Å²) in [6.45, 7) is 0.975. The Morgan fingerprint density at radius 2 is 2.14 bits per heavy atom. The molecular formula is C19H28N6O4. The van der Waals surface area contributed by atoms with Crippen molar-refractivity contribution < 1.29 is 19.5 Å². The second kappa shape index (κ2) is 11.0. The quantitative estimate of drug-likeness (QED) is 0.245. The van der Waals surface area contributed by atoms with Crippen LogP contribution in [0.3, 0.4) is 0 Å². The Kier molecular flexibility index (Phi) is 8.38. The van der Waals surface area contributed by atoms with E-state index in [9.17, 15) is 19.5 Å². The van der Waals surface area contributed by atoms with E-state index in [1.54, 1.807) is 23.2 Å². The molecule has 1 aliphatic heterocycles. The van der Waals surface area contributed by atoms with Crippen molar-refractivity contribution in [3.63, 3.8) is 0 Å². The van der Waals surface area contributed by atoms with E-state index in [1.807, 2.05) is 0 Å². The number of hydrogen-bond donors (Lipinski definition) is 4. The largest absolute Gasteiger partial charge is 0.481 e. The number of carboxylic acids is 1. The van der Waals surface area contributed by atoms with Crippen molar-refractivity contribution in [2.45, 2.75) is 50.6 Å². The van der Waals surface area contributed by atoms with Crippen LogP contribution in [-0.4, -0.2) is 57.9 Å². The molecule has 158 valence electrons. The number of aliphatic carboxylic acids is 1. The Labute approximate surface area is 169 Å². The fourth-order valence-corrected chi connectivity index (χ4v) is 3.35. The molecule has 0 aliphatic carbocycles. The first-order chi connectivity index (χ1) is 13.9. The maximum atomic E-state index is 12.8.